The first kappa shape index (κ1) is 17.7. The van der Waals surface area contributed by atoms with E-state index in [1.807, 2.05) is 36.4 Å². The molecule has 1 aliphatic heterocycles. The molecule has 0 saturated heterocycles. The molecule has 2 aromatic rings. The van der Waals surface area contributed by atoms with Gasteiger partial charge < -0.3 is 10.2 Å². The van der Waals surface area contributed by atoms with Crippen LogP contribution >= 0.6 is 27.5 Å². The average molecular weight is 420 g/mol. The second-order valence-corrected chi connectivity index (χ2v) is 7.09. The number of hydrogen-bond acceptors (Lipinski definition) is 2. The van der Waals surface area contributed by atoms with Gasteiger partial charge in [0, 0.05) is 17.6 Å². The van der Waals surface area contributed by atoms with Crippen molar-refractivity contribution in [3.8, 4) is 0 Å². The van der Waals surface area contributed by atoms with Crippen molar-refractivity contribution < 1.29 is 9.59 Å². The van der Waals surface area contributed by atoms with Gasteiger partial charge in [-0.05, 0) is 35.4 Å². The van der Waals surface area contributed by atoms with Crippen molar-refractivity contribution in [3.05, 3.63) is 69.3 Å². The Balaban J connectivity index is 1.82. The predicted molar refractivity (Wildman–Crippen MR) is 103 cm³/mol. The van der Waals surface area contributed by atoms with Gasteiger partial charge in [0.05, 0.1) is 23.2 Å². The fraction of sp³-hybridized carbons (Fsp3) is 0.158. The molecule has 4 nitrogen and oxygen atoms in total. The van der Waals surface area contributed by atoms with E-state index in [1.165, 1.54) is 6.92 Å². The average Bonchev–Trinajstić information content (AvgIpc) is 2.57. The molecule has 1 heterocycles. The van der Waals surface area contributed by atoms with Gasteiger partial charge >= 0.3 is 0 Å². The van der Waals surface area contributed by atoms with E-state index in [0.717, 1.165) is 15.6 Å². The number of nitrogens with one attached hydrogen (secondary N) is 1. The van der Waals surface area contributed by atoms with Gasteiger partial charge in [-0.15, -0.1) is 0 Å². The van der Waals surface area contributed by atoms with Gasteiger partial charge in [0.25, 0.3) is 0 Å². The Labute approximate surface area is 159 Å². The summed E-state index contributed by atoms with van der Waals surface area (Å²) >= 11 is 9.49. The van der Waals surface area contributed by atoms with Gasteiger partial charge in [-0.25, -0.2) is 0 Å². The first-order valence-corrected chi connectivity index (χ1v) is 8.94. The molecule has 0 fully saturated rings. The summed E-state index contributed by atoms with van der Waals surface area (Å²) < 4.78 is 0.838. The van der Waals surface area contributed by atoms with Crippen LogP contribution < -0.4 is 5.32 Å². The Kier molecular flexibility index (Phi) is 5.25. The van der Waals surface area contributed by atoms with E-state index in [1.54, 1.807) is 23.2 Å². The van der Waals surface area contributed by atoms with Crippen LogP contribution in [0.3, 0.4) is 0 Å². The molecular weight excluding hydrogens is 404 g/mol. The maximum absolute atomic E-state index is 12.6. The minimum absolute atomic E-state index is 0.106. The van der Waals surface area contributed by atoms with Crippen molar-refractivity contribution in [2.24, 2.45) is 0 Å². The Morgan fingerprint density at radius 2 is 2.00 bits per heavy atom. The predicted octanol–water partition coefficient (Wildman–Crippen LogP) is 5.01. The Morgan fingerprint density at radius 1 is 1.24 bits per heavy atom. The summed E-state index contributed by atoms with van der Waals surface area (Å²) in [5, 5.41) is 3.28. The van der Waals surface area contributed by atoms with Crippen molar-refractivity contribution in [2.45, 2.75) is 19.4 Å². The molecule has 0 spiro atoms. The molecule has 1 atom stereocenters. The Morgan fingerprint density at radius 3 is 2.72 bits per heavy atom. The molecule has 1 unspecified atom stereocenters. The highest BCUT2D eigenvalue weighted by Crippen LogP contribution is 2.33. The van der Waals surface area contributed by atoms with Crippen LogP contribution in [-0.2, 0) is 9.59 Å². The Hall–Kier alpha value is -2.11. The van der Waals surface area contributed by atoms with Crippen LogP contribution in [0.5, 0.6) is 0 Å². The molecule has 0 radical (unpaired) electrons. The van der Waals surface area contributed by atoms with Gasteiger partial charge in [-0.1, -0.05) is 51.8 Å². The van der Waals surface area contributed by atoms with Gasteiger partial charge in [-0.3, -0.25) is 9.59 Å². The normalized spacial score (nSPS) is 15.6. The molecule has 0 aliphatic carbocycles. The number of benzene rings is 2. The van der Waals surface area contributed by atoms with E-state index in [-0.39, 0.29) is 24.3 Å². The molecule has 2 aromatic carbocycles. The number of carbonyl (C=O) groups excluding carboxylic acids is 2. The highest BCUT2D eigenvalue weighted by Gasteiger charge is 2.28. The molecule has 0 bridgehead atoms. The molecule has 128 valence electrons. The maximum Gasteiger partial charge on any atom is 0.226 e. The van der Waals surface area contributed by atoms with Crippen molar-refractivity contribution in [1.29, 1.82) is 0 Å². The number of carbonyl (C=O) groups is 2. The molecule has 1 aliphatic rings. The van der Waals surface area contributed by atoms with Gasteiger partial charge in [0.2, 0.25) is 11.8 Å². The maximum atomic E-state index is 12.6. The summed E-state index contributed by atoms with van der Waals surface area (Å²) in [7, 11) is 0. The van der Waals surface area contributed by atoms with Crippen LogP contribution in [0, 0.1) is 0 Å². The smallest absolute Gasteiger partial charge is 0.226 e. The summed E-state index contributed by atoms with van der Waals surface area (Å²) in [6, 6.07) is 12.7. The van der Waals surface area contributed by atoms with Gasteiger partial charge in [0.15, 0.2) is 0 Å². The highest BCUT2D eigenvalue weighted by atomic mass is 79.9. The van der Waals surface area contributed by atoms with Crippen LogP contribution in [0.4, 0.5) is 5.69 Å². The standard InChI is InChI=1S/C19H16BrClN2O2/c1-12(24)23-9-8-13-4-2-3-5-15(13)18(23)11-19(25)22-17-7-6-14(20)10-16(17)21/h2-10,18H,11H2,1H3,(H,22,25). The van der Waals surface area contributed by atoms with E-state index < -0.39 is 0 Å². The molecular formula is C19H16BrClN2O2. The summed E-state index contributed by atoms with van der Waals surface area (Å²) in [4.78, 5) is 26.1. The number of fused-ring (bicyclic) bond motifs is 1. The van der Waals surface area contributed by atoms with E-state index in [0.29, 0.717) is 10.7 Å². The molecule has 3 rings (SSSR count). The summed E-state index contributed by atoms with van der Waals surface area (Å²) in [6.45, 7) is 1.49. The number of rotatable bonds is 3. The monoisotopic (exact) mass is 418 g/mol. The van der Waals surface area contributed by atoms with E-state index >= 15 is 0 Å². The van der Waals surface area contributed by atoms with Crippen molar-refractivity contribution in [3.63, 3.8) is 0 Å². The molecule has 25 heavy (non-hydrogen) atoms. The molecule has 0 saturated carbocycles. The first-order chi connectivity index (χ1) is 12.0. The van der Waals surface area contributed by atoms with Crippen LogP contribution in [0.25, 0.3) is 6.08 Å². The minimum Gasteiger partial charge on any atom is -0.325 e. The van der Waals surface area contributed by atoms with Crippen LogP contribution in [0.2, 0.25) is 5.02 Å². The summed E-state index contributed by atoms with van der Waals surface area (Å²) in [6.07, 6.45) is 3.76. The van der Waals surface area contributed by atoms with E-state index in [9.17, 15) is 9.59 Å². The molecule has 6 heteroatoms. The number of hydrogen-bond donors (Lipinski definition) is 1. The van der Waals surface area contributed by atoms with Crippen LogP contribution in [0.1, 0.15) is 30.5 Å². The number of amides is 2. The van der Waals surface area contributed by atoms with Crippen LogP contribution in [0.15, 0.2) is 53.1 Å². The lowest BCUT2D eigenvalue weighted by atomic mass is 9.93. The van der Waals surface area contributed by atoms with E-state index in [2.05, 4.69) is 21.2 Å². The first-order valence-electron chi connectivity index (χ1n) is 7.76. The third kappa shape index (κ3) is 3.94. The fourth-order valence-electron chi connectivity index (χ4n) is 2.88. The molecule has 1 N–H and O–H groups in total. The number of nitrogens with zero attached hydrogens (tertiary/aromatic N) is 1. The largest absolute Gasteiger partial charge is 0.325 e. The zero-order chi connectivity index (χ0) is 18.0. The Bertz CT molecular complexity index is 866. The van der Waals surface area contributed by atoms with Crippen molar-refractivity contribution in [1.82, 2.24) is 4.90 Å². The third-order valence-electron chi connectivity index (χ3n) is 4.05. The molecule has 0 aromatic heterocycles. The zero-order valence-electron chi connectivity index (χ0n) is 13.5. The van der Waals surface area contributed by atoms with Gasteiger partial charge in [-0.2, -0.15) is 0 Å². The molecule has 2 amide bonds. The lowest BCUT2D eigenvalue weighted by Crippen LogP contribution is -2.33. The second-order valence-electron chi connectivity index (χ2n) is 5.76. The minimum atomic E-state index is -0.340. The quantitative estimate of drug-likeness (QED) is 0.760. The second kappa shape index (κ2) is 7.42. The van der Waals surface area contributed by atoms with E-state index in [4.69, 9.17) is 11.6 Å². The topological polar surface area (TPSA) is 49.4 Å². The number of halogens is 2. The lowest BCUT2D eigenvalue weighted by molar-refractivity contribution is -0.129. The SMILES string of the molecule is CC(=O)N1C=Cc2ccccc2C1CC(=O)Nc1ccc(Br)cc1Cl. The van der Waals surface area contributed by atoms with Crippen molar-refractivity contribution >= 4 is 51.1 Å². The fourth-order valence-corrected chi connectivity index (χ4v) is 3.60. The zero-order valence-corrected chi connectivity index (χ0v) is 15.8. The summed E-state index contributed by atoms with van der Waals surface area (Å²) in [5.41, 5.74) is 2.51. The highest BCUT2D eigenvalue weighted by molar-refractivity contribution is 9.10. The third-order valence-corrected chi connectivity index (χ3v) is 4.86. The van der Waals surface area contributed by atoms with Crippen LogP contribution in [-0.4, -0.2) is 16.7 Å². The number of anilines is 1. The summed E-state index contributed by atoms with van der Waals surface area (Å²) in [5.74, 6) is -0.309. The lowest BCUT2D eigenvalue weighted by Gasteiger charge is -2.32. The van der Waals surface area contributed by atoms with Gasteiger partial charge in [0.1, 0.15) is 0 Å². The van der Waals surface area contributed by atoms with Crippen molar-refractivity contribution in [2.75, 3.05) is 5.32 Å².